The molecule has 1 aliphatic rings. The molecule has 0 aliphatic carbocycles. The minimum atomic E-state index is -1.25. The molecule has 2 amide bonds. The van der Waals surface area contributed by atoms with Gasteiger partial charge >= 0.3 is 5.97 Å². The molecule has 1 aliphatic heterocycles. The molecule has 0 bridgehead atoms. The van der Waals surface area contributed by atoms with E-state index < -0.39 is 29.0 Å². The maximum absolute atomic E-state index is 13.9. The van der Waals surface area contributed by atoms with Crippen molar-refractivity contribution in [3.05, 3.63) is 29.6 Å². The Kier molecular flexibility index (Phi) is 3.57. The third-order valence-electron chi connectivity index (χ3n) is 4.17. The van der Waals surface area contributed by atoms with Crippen LogP contribution in [0, 0.1) is 17.2 Å². The lowest BCUT2D eigenvalue weighted by molar-refractivity contribution is -0.126. The van der Waals surface area contributed by atoms with E-state index in [-0.39, 0.29) is 23.6 Å². The standard InChI is InChI=1S/C15H16FNO4/c1-8(2)15(3)7-12(18)17(14(15)21)11-6-9(13(19)20)4-5-10(11)16/h4-6,8H,7H2,1-3H3,(H,19,20). The van der Waals surface area contributed by atoms with E-state index in [0.29, 0.717) is 0 Å². The monoisotopic (exact) mass is 293 g/mol. The molecule has 0 aromatic heterocycles. The van der Waals surface area contributed by atoms with Gasteiger partial charge in [0.15, 0.2) is 0 Å². The Morgan fingerprint density at radius 2 is 2.00 bits per heavy atom. The van der Waals surface area contributed by atoms with Crippen molar-refractivity contribution in [1.82, 2.24) is 0 Å². The highest BCUT2D eigenvalue weighted by Crippen LogP contribution is 2.41. The summed E-state index contributed by atoms with van der Waals surface area (Å²) in [6.45, 7) is 5.30. The quantitative estimate of drug-likeness (QED) is 0.869. The summed E-state index contributed by atoms with van der Waals surface area (Å²) in [5, 5.41) is 8.95. The first kappa shape index (κ1) is 15.2. The number of halogens is 1. The number of hydrogen-bond acceptors (Lipinski definition) is 3. The van der Waals surface area contributed by atoms with Crippen LogP contribution in [0.15, 0.2) is 18.2 Å². The van der Waals surface area contributed by atoms with Crippen LogP contribution in [0.2, 0.25) is 0 Å². The molecule has 5 nitrogen and oxygen atoms in total. The van der Waals surface area contributed by atoms with Crippen molar-refractivity contribution in [2.24, 2.45) is 11.3 Å². The van der Waals surface area contributed by atoms with Gasteiger partial charge in [-0.3, -0.25) is 9.59 Å². The molecule has 1 saturated heterocycles. The number of rotatable bonds is 3. The fourth-order valence-corrected chi connectivity index (χ4v) is 2.35. The number of amides is 2. The molecular formula is C15H16FNO4. The summed E-state index contributed by atoms with van der Waals surface area (Å²) in [5.41, 5.74) is -1.37. The van der Waals surface area contributed by atoms with Gasteiger partial charge in [-0.2, -0.15) is 0 Å². The predicted molar refractivity (Wildman–Crippen MR) is 73.4 cm³/mol. The molecule has 6 heteroatoms. The van der Waals surface area contributed by atoms with Crippen LogP contribution in [0.25, 0.3) is 0 Å². The third-order valence-corrected chi connectivity index (χ3v) is 4.17. The summed E-state index contributed by atoms with van der Waals surface area (Å²) in [5.74, 6) is -3.15. The number of carboxylic acid groups (broad SMARTS) is 1. The Morgan fingerprint density at radius 3 is 2.48 bits per heavy atom. The number of benzene rings is 1. The third kappa shape index (κ3) is 2.30. The smallest absolute Gasteiger partial charge is 0.335 e. The second-order valence-corrected chi connectivity index (χ2v) is 5.75. The number of carboxylic acids is 1. The van der Waals surface area contributed by atoms with Gasteiger partial charge in [0.25, 0.3) is 0 Å². The number of carbonyl (C=O) groups excluding carboxylic acids is 2. The molecule has 1 unspecified atom stereocenters. The van der Waals surface area contributed by atoms with Gasteiger partial charge in [-0.15, -0.1) is 0 Å². The number of nitrogens with zero attached hydrogens (tertiary/aromatic N) is 1. The topological polar surface area (TPSA) is 74.7 Å². The second kappa shape index (κ2) is 4.95. The van der Waals surface area contributed by atoms with Crippen molar-refractivity contribution < 1.29 is 23.9 Å². The Hall–Kier alpha value is -2.24. The average Bonchev–Trinajstić information content (AvgIpc) is 2.62. The molecule has 0 saturated carbocycles. The first-order valence-electron chi connectivity index (χ1n) is 6.58. The van der Waals surface area contributed by atoms with Crippen LogP contribution in [0.5, 0.6) is 0 Å². The molecule has 1 aromatic rings. The molecular weight excluding hydrogens is 277 g/mol. The lowest BCUT2D eigenvalue weighted by atomic mass is 9.78. The summed E-state index contributed by atoms with van der Waals surface area (Å²) in [4.78, 5) is 36.4. The zero-order chi connectivity index (χ0) is 15.9. The van der Waals surface area contributed by atoms with Crippen molar-refractivity contribution in [3.8, 4) is 0 Å². The van der Waals surface area contributed by atoms with E-state index in [1.807, 2.05) is 13.8 Å². The highest BCUT2D eigenvalue weighted by molar-refractivity contribution is 6.22. The molecule has 1 fully saturated rings. The zero-order valence-corrected chi connectivity index (χ0v) is 12.0. The Morgan fingerprint density at radius 1 is 1.38 bits per heavy atom. The van der Waals surface area contributed by atoms with E-state index in [4.69, 9.17) is 5.11 Å². The van der Waals surface area contributed by atoms with Crippen LogP contribution in [0.3, 0.4) is 0 Å². The number of hydrogen-bond donors (Lipinski definition) is 1. The summed E-state index contributed by atoms with van der Waals surface area (Å²) >= 11 is 0. The first-order valence-corrected chi connectivity index (χ1v) is 6.58. The number of imide groups is 1. The summed E-state index contributed by atoms with van der Waals surface area (Å²) in [7, 11) is 0. The number of anilines is 1. The average molecular weight is 293 g/mol. The maximum atomic E-state index is 13.9. The fourth-order valence-electron chi connectivity index (χ4n) is 2.35. The van der Waals surface area contributed by atoms with E-state index in [0.717, 1.165) is 23.1 Å². The molecule has 112 valence electrons. The van der Waals surface area contributed by atoms with Gasteiger partial charge in [0.05, 0.1) is 16.7 Å². The molecule has 1 heterocycles. The van der Waals surface area contributed by atoms with Crippen LogP contribution in [0.1, 0.15) is 37.6 Å². The van der Waals surface area contributed by atoms with Crippen LogP contribution < -0.4 is 4.90 Å². The van der Waals surface area contributed by atoms with E-state index in [1.54, 1.807) is 6.92 Å². The van der Waals surface area contributed by atoms with Crippen LogP contribution >= 0.6 is 0 Å². The Bertz CT molecular complexity index is 641. The van der Waals surface area contributed by atoms with Crippen molar-refractivity contribution in [2.45, 2.75) is 27.2 Å². The van der Waals surface area contributed by atoms with Gasteiger partial charge in [-0.05, 0) is 31.0 Å². The molecule has 1 N–H and O–H groups in total. The maximum Gasteiger partial charge on any atom is 0.335 e. The van der Waals surface area contributed by atoms with Crippen LogP contribution in [-0.2, 0) is 9.59 Å². The molecule has 0 radical (unpaired) electrons. The Labute approximate surface area is 121 Å². The molecule has 2 rings (SSSR count). The largest absolute Gasteiger partial charge is 0.478 e. The van der Waals surface area contributed by atoms with Crippen LogP contribution in [-0.4, -0.2) is 22.9 Å². The molecule has 21 heavy (non-hydrogen) atoms. The van der Waals surface area contributed by atoms with Gasteiger partial charge < -0.3 is 5.11 Å². The van der Waals surface area contributed by atoms with Gasteiger partial charge in [0.2, 0.25) is 11.8 Å². The van der Waals surface area contributed by atoms with E-state index in [1.165, 1.54) is 0 Å². The van der Waals surface area contributed by atoms with E-state index in [2.05, 4.69) is 0 Å². The lowest BCUT2D eigenvalue weighted by Gasteiger charge is -2.26. The minimum absolute atomic E-state index is 0.0137. The molecule has 1 atom stereocenters. The van der Waals surface area contributed by atoms with Crippen molar-refractivity contribution >= 4 is 23.5 Å². The fraction of sp³-hybridized carbons (Fsp3) is 0.400. The highest BCUT2D eigenvalue weighted by Gasteiger charge is 2.51. The summed E-state index contributed by atoms with van der Waals surface area (Å²) in [6, 6.07) is 3.05. The van der Waals surface area contributed by atoms with Gasteiger partial charge in [-0.1, -0.05) is 13.8 Å². The normalized spacial score (nSPS) is 22.2. The molecule has 1 aromatic carbocycles. The minimum Gasteiger partial charge on any atom is -0.478 e. The van der Waals surface area contributed by atoms with Crippen molar-refractivity contribution in [1.29, 1.82) is 0 Å². The predicted octanol–water partition coefficient (Wildman–Crippen LogP) is 2.45. The van der Waals surface area contributed by atoms with Crippen molar-refractivity contribution in [3.63, 3.8) is 0 Å². The number of aromatic carboxylic acids is 1. The molecule has 0 spiro atoms. The van der Waals surface area contributed by atoms with Crippen molar-refractivity contribution in [2.75, 3.05) is 4.90 Å². The van der Waals surface area contributed by atoms with Gasteiger partial charge in [0, 0.05) is 6.42 Å². The highest BCUT2D eigenvalue weighted by atomic mass is 19.1. The van der Waals surface area contributed by atoms with Crippen LogP contribution in [0.4, 0.5) is 10.1 Å². The van der Waals surface area contributed by atoms with E-state index >= 15 is 0 Å². The lowest BCUT2D eigenvalue weighted by Crippen LogP contribution is -2.37. The SMILES string of the molecule is CC(C)C1(C)CC(=O)N(c2cc(C(=O)O)ccc2F)C1=O. The number of carbonyl (C=O) groups is 3. The zero-order valence-electron chi connectivity index (χ0n) is 12.0. The van der Waals surface area contributed by atoms with Gasteiger partial charge in [-0.25, -0.2) is 14.1 Å². The van der Waals surface area contributed by atoms with E-state index in [9.17, 15) is 18.8 Å². The summed E-state index contributed by atoms with van der Waals surface area (Å²) in [6.07, 6.45) is -0.0137. The first-order chi connectivity index (χ1) is 9.68. The Balaban J connectivity index is 2.52. The second-order valence-electron chi connectivity index (χ2n) is 5.75. The summed E-state index contributed by atoms with van der Waals surface area (Å²) < 4.78 is 13.9. The van der Waals surface area contributed by atoms with Gasteiger partial charge in [0.1, 0.15) is 5.82 Å².